The average molecular weight is 405 g/mol. The Hall–Kier alpha value is -3.48. The predicted octanol–water partition coefficient (Wildman–Crippen LogP) is 3.82. The highest BCUT2D eigenvalue weighted by atomic mass is 16.5. The summed E-state index contributed by atoms with van der Waals surface area (Å²) in [6, 6.07) is 12.7. The van der Waals surface area contributed by atoms with Gasteiger partial charge in [0, 0.05) is 17.4 Å². The Morgan fingerprint density at radius 1 is 1.17 bits per heavy atom. The maximum absolute atomic E-state index is 13.8. The van der Waals surface area contributed by atoms with Crippen molar-refractivity contribution in [2.24, 2.45) is 0 Å². The Bertz CT molecular complexity index is 1180. The second kappa shape index (κ2) is 6.52. The van der Waals surface area contributed by atoms with Crippen LogP contribution in [0.1, 0.15) is 25.1 Å². The molecule has 0 spiro atoms. The van der Waals surface area contributed by atoms with Crippen LogP contribution in [0, 0.1) is 0 Å². The molecule has 154 valence electrons. The summed E-state index contributed by atoms with van der Waals surface area (Å²) in [5, 5.41) is 1.03. The van der Waals surface area contributed by atoms with Gasteiger partial charge in [0.15, 0.2) is 5.54 Å². The molecule has 0 radical (unpaired) electrons. The molecular formula is C23H23N3O4. The van der Waals surface area contributed by atoms with Crippen molar-refractivity contribution in [2.45, 2.75) is 25.8 Å². The highest BCUT2D eigenvalue weighted by Gasteiger charge is 2.59. The molecule has 3 aromatic rings. The molecule has 30 heavy (non-hydrogen) atoms. The number of aromatic nitrogens is 1. The van der Waals surface area contributed by atoms with Crippen LogP contribution >= 0.6 is 0 Å². The van der Waals surface area contributed by atoms with E-state index in [4.69, 9.17) is 9.47 Å². The van der Waals surface area contributed by atoms with E-state index in [-0.39, 0.29) is 11.9 Å². The molecule has 0 aliphatic carbocycles. The number of imide groups is 1. The van der Waals surface area contributed by atoms with Gasteiger partial charge in [-0.2, -0.15) is 0 Å². The lowest BCUT2D eigenvalue weighted by Gasteiger charge is -2.35. The fourth-order valence-electron chi connectivity index (χ4n) is 4.68. The highest BCUT2D eigenvalue weighted by Crippen LogP contribution is 2.46. The van der Waals surface area contributed by atoms with Crippen LogP contribution in [0.4, 0.5) is 10.5 Å². The number of nitrogens with zero attached hydrogens (tertiary/aromatic N) is 2. The molecule has 1 aromatic heterocycles. The van der Waals surface area contributed by atoms with Gasteiger partial charge in [0.1, 0.15) is 11.5 Å². The predicted molar refractivity (Wildman–Crippen MR) is 113 cm³/mol. The van der Waals surface area contributed by atoms with E-state index in [1.807, 2.05) is 38.1 Å². The number of ether oxygens (including phenoxy) is 2. The number of amides is 3. The van der Waals surface area contributed by atoms with E-state index in [1.165, 1.54) is 4.90 Å². The zero-order valence-electron chi connectivity index (χ0n) is 17.2. The van der Waals surface area contributed by atoms with Gasteiger partial charge in [-0.15, -0.1) is 0 Å². The first-order chi connectivity index (χ1) is 14.5. The third-order valence-corrected chi connectivity index (χ3v) is 6.17. The number of aromatic amines is 1. The number of fused-ring (bicyclic) bond motifs is 5. The third kappa shape index (κ3) is 2.32. The van der Waals surface area contributed by atoms with E-state index < -0.39 is 5.54 Å². The molecule has 0 bridgehead atoms. The Balaban J connectivity index is 1.66. The quantitative estimate of drug-likeness (QED) is 0.670. The van der Waals surface area contributed by atoms with Crippen molar-refractivity contribution < 1.29 is 19.1 Å². The third-order valence-electron chi connectivity index (χ3n) is 6.17. The second-order valence-electron chi connectivity index (χ2n) is 7.69. The molecule has 7 nitrogen and oxygen atoms in total. The van der Waals surface area contributed by atoms with Crippen LogP contribution in [0.5, 0.6) is 11.5 Å². The summed E-state index contributed by atoms with van der Waals surface area (Å²) in [6.45, 7) is 4.61. The SMILES string of the molecule is CCOc1ccccc1N1C(=O)N2CCc3c([nH]c4ccc(OC)cc34)C2(C)C1=O. The van der Waals surface area contributed by atoms with E-state index in [0.717, 1.165) is 27.9 Å². The second-order valence-corrected chi connectivity index (χ2v) is 7.69. The molecule has 0 saturated carbocycles. The fraction of sp³-hybridized carbons (Fsp3) is 0.304. The Morgan fingerprint density at radius 3 is 2.73 bits per heavy atom. The molecular weight excluding hydrogens is 382 g/mol. The van der Waals surface area contributed by atoms with Crippen LogP contribution in [0.15, 0.2) is 42.5 Å². The summed E-state index contributed by atoms with van der Waals surface area (Å²) >= 11 is 0. The number of benzene rings is 2. The largest absolute Gasteiger partial charge is 0.497 e. The first kappa shape index (κ1) is 18.5. The molecule has 1 unspecified atom stereocenters. The van der Waals surface area contributed by atoms with Gasteiger partial charge in [-0.05, 0) is 56.2 Å². The Labute approximate surface area is 174 Å². The van der Waals surface area contributed by atoms with Crippen LogP contribution in [0.2, 0.25) is 0 Å². The van der Waals surface area contributed by atoms with Gasteiger partial charge in [0.05, 0.1) is 25.1 Å². The number of rotatable bonds is 4. The van der Waals surface area contributed by atoms with Crippen molar-refractivity contribution >= 4 is 28.5 Å². The standard InChI is InChI=1S/C23H23N3O4/c1-4-30-19-8-6-5-7-18(19)26-21(27)23(2)20-15(11-12-25(23)22(26)28)16-13-14(29-3)9-10-17(16)24-20/h5-10,13,24H,4,11-12H2,1-3H3. The van der Waals surface area contributed by atoms with E-state index in [0.29, 0.717) is 31.0 Å². The Morgan fingerprint density at radius 2 is 1.97 bits per heavy atom. The fourth-order valence-corrected chi connectivity index (χ4v) is 4.68. The number of hydrogen-bond acceptors (Lipinski definition) is 4. The van der Waals surface area contributed by atoms with Crippen LogP contribution in [-0.2, 0) is 16.8 Å². The molecule has 2 aliphatic heterocycles. The highest BCUT2D eigenvalue weighted by molar-refractivity contribution is 6.24. The number of anilines is 1. The number of H-pyrrole nitrogens is 1. The van der Waals surface area contributed by atoms with Crippen molar-refractivity contribution in [1.29, 1.82) is 0 Å². The summed E-state index contributed by atoms with van der Waals surface area (Å²) in [6.07, 6.45) is 0.665. The van der Waals surface area contributed by atoms with E-state index >= 15 is 0 Å². The minimum Gasteiger partial charge on any atom is -0.497 e. The molecule has 2 aromatic carbocycles. The lowest BCUT2D eigenvalue weighted by molar-refractivity contribution is -0.125. The molecule has 2 aliphatic rings. The van der Waals surface area contributed by atoms with Gasteiger partial charge in [0.25, 0.3) is 5.91 Å². The van der Waals surface area contributed by atoms with Gasteiger partial charge < -0.3 is 19.4 Å². The summed E-state index contributed by atoms with van der Waals surface area (Å²) in [4.78, 5) is 33.5. The van der Waals surface area contributed by atoms with Crippen molar-refractivity contribution in [3.63, 3.8) is 0 Å². The number of carbonyl (C=O) groups is 2. The normalized spacial score (nSPS) is 20.5. The van der Waals surface area contributed by atoms with Crippen LogP contribution in [-0.4, -0.2) is 42.1 Å². The maximum atomic E-state index is 13.8. The molecule has 1 saturated heterocycles. The molecule has 5 rings (SSSR count). The number of para-hydroxylation sites is 2. The molecule has 1 fully saturated rings. The minimum absolute atomic E-state index is 0.279. The lowest BCUT2D eigenvalue weighted by Crippen LogP contribution is -2.49. The maximum Gasteiger partial charge on any atom is 0.332 e. The average Bonchev–Trinajstić information content (AvgIpc) is 3.22. The number of urea groups is 1. The summed E-state index contributed by atoms with van der Waals surface area (Å²) in [7, 11) is 1.64. The molecule has 1 atom stereocenters. The molecule has 1 N–H and O–H groups in total. The first-order valence-electron chi connectivity index (χ1n) is 10.1. The number of carbonyl (C=O) groups excluding carboxylic acids is 2. The molecule has 3 heterocycles. The molecule has 3 amide bonds. The van der Waals surface area contributed by atoms with Crippen molar-refractivity contribution in [1.82, 2.24) is 9.88 Å². The lowest BCUT2D eigenvalue weighted by atomic mass is 9.87. The smallest absolute Gasteiger partial charge is 0.332 e. The number of hydrogen-bond donors (Lipinski definition) is 1. The van der Waals surface area contributed by atoms with Crippen LogP contribution < -0.4 is 14.4 Å². The van der Waals surface area contributed by atoms with E-state index in [1.54, 1.807) is 30.2 Å². The van der Waals surface area contributed by atoms with Crippen molar-refractivity contribution in [3.8, 4) is 11.5 Å². The van der Waals surface area contributed by atoms with E-state index in [2.05, 4.69) is 4.98 Å². The van der Waals surface area contributed by atoms with Crippen LogP contribution in [0.25, 0.3) is 10.9 Å². The summed E-state index contributed by atoms with van der Waals surface area (Å²) < 4.78 is 11.1. The van der Waals surface area contributed by atoms with Crippen LogP contribution in [0.3, 0.4) is 0 Å². The summed E-state index contributed by atoms with van der Waals surface area (Å²) in [5.74, 6) is 1.00. The Kier molecular flexibility index (Phi) is 4.03. The van der Waals surface area contributed by atoms with Crippen molar-refractivity contribution in [2.75, 3.05) is 25.2 Å². The van der Waals surface area contributed by atoms with Gasteiger partial charge >= 0.3 is 6.03 Å². The zero-order chi connectivity index (χ0) is 21.0. The summed E-state index contributed by atoms with van der Waals surface area (Å²) in [5.41, 5.74) is 2.13. The van der Waals surface area contributed by atoms with Gasteiger partial charge in [-0.3, -0.25) is 4.79 Å². The van der Waals surface area contributed by atoms with E-state index in [9.17, 15) is 9.59 Å². The number of nitrogens with one attached hydrogen (secondary N) is 1. The molecule has 7 heteroatoms. The van der Waals surface area contributed by atoms with Gasteiger partial charge in [-0.1, -0.05) is 12.1 Å². The van der Waals surface area contributed by atoms with Gasteiger partial charge in [-0.25, -0.2) is 9.69 Å². The monoisotopic (exact) mass is 405 g/mol. The minimum atomic E-state index is -1.10. The number of methoxy groups -OCH3 is 1. The zero-order valence-corrected chi connectivity index (χ0v) is 17.2. The van der Waals surface area contributed by atoms with Gasteiger partial charge in [0.2, 0.25) is 0 Å². The first-order valence-corrected chi connectivity index (χ1v) is 10.1. The topological polar surface area (TPSA) is 74.9 Å². The van der Waals surface area contributed by atoms with Crippen molar-refractivity contribution in [3.05, 3.63) is 53.7 Å².